The van der Waals surface area contributed by atoms with Gasteiger partial charge in [0.25, 0.3) is 0 Å². The van der Waals surface area contributed by atoms with Gasteiger partial charge in [0.2, 0.25) is 5.91 Å². The van der Waals surface area contributed by atoms with Crippen molar-refractivity contribution in [3.8, 4) is 0 Å². The summed E-state index contributed by atoms with van der Waals surface area (Å²) in [6.45, 7) is 1.92. The number of benzene rings is 1. The predicted molar refractivity (Wildman–Crippen MR) is 83.8 cm³/mol. The molecule has 1 aromatic heterocycles. The maximum atomic E-state index is 11.8. The normalized spacial score (nSPS) is 10.1. The average molecular weight is 322 g/mol. The van der Waals surface area contributed by atoms with Crippen LogP contribution in [0.5, 0.6) is 0 Å². The highest BCUT2D eigenvalue weighted by Crippen LogP contribution is 2.22. The summed E-state index contributed by atoms with van der Waals surface area (Å²) in [7, 11) is 0. The van der Waals surface area contributed by atoms with Crippen molar-refractivity contribution in [2.45, 2.75) is 13.5 Å². The maximum absolute atomic E-state index is 11.8. The van der Waals surface area contributed by atoms with E-state index < -0.39 is 6.03 Å². The van der Waals surface area contributed by atoms with E-state index in [9.17, 15) is 9.59 Å². The number of carbonyl (C=O) groups is 2. The molecule has 0 saturated carbocycles. The second-order valence-corrected chi connectivity index (χ2v) is 4.98. The summed E-state index contributed by atoms with van der Waals surface area (Å²) in [6.07, 6.45) is 1.52. The van der Waals surface area contributed by atoms with Crippen LogP contribution >= 0.6 is 11.6 Å². The van der Waals surface area contributed by atoms with E-state index in [1.165, 1.54) is 6.26 Å². The number of hydrogen-bond donors (Lipinski definition) is 3. The number of carbonyl (C=O) groups excluding carboxylic acids is 2. The summed E-state index contributed by atoms with van der Waals surface area (Å²) in [6, 6.07) is 8.26. The van der Waals surface area contributed by atoms with Crippen LogP contribution in [0.1, 0.15) is 11.3 Å². The molecule has 2 rings (SSSR count). The molecule has 0 atom stereocenters. The maximum Gasteiger partial charge on any atom is 0.315 e. The highest BCUT2D eigenvalue weighted by Gasteiger charge is 2.08. The molecule has 1 heterocycles. The summed E-state index contributed by atoms with van der Waals surface area (Å²) in [4.78, 5) is 23.3. The van der Waals surface area contributed by atoms with Crippen LogP contribution < -0.4 is 16.0 Å². The molecule has 116 valence electrons. The third kappa shape index (κ3) is 4.53. The topological polar surface area (TPSA) is 83.4 Å². The fourth-order valence-electron chi connectivity index (χ4n) is 1.74. The van der Waals surface area contributed by atoms with Crippen LogP contribution in [0.3, 0.4) is 0 Å². The Morgan fingerprint density at radius 2 is 2.00 bits per heavy atom. The number of urea groups is 1. The van der Waals surface area contributed by atoms with Gasteiger partial charge in [-0.2, -0.15) is 0 Å². The van der Waals surface area contributed by atoms with Crippen LogP contribution in [0, 0.1) is 6.92 Å². The number of hydrogen-bond acceptors (Lipinski definition) is 3. The molecule has 1 aromatic carbocycles. The van der Waals surface area contributed by atoms with Gasteiger partial charge < -0.3 is 20.4 Å². The molecule has 0 aliphatic heterocycles. The molecule has 0 aliphatic carbocycles. The minimum Gasteiger partial charge on any atom is -0.467 e. The first-order valence-corrected chi connectivity index (χ1v) is 7.03. The second kappa shape index (κ2) is 7.51. The van der Waals surface area contributed by atoms with Crippen LogP contribution in [0.25, 0.3) is 0 Å². The van der Waals surface area contributed by atoms with E-state index in [-0.39, 0.29) is 19.0 Å². The molecule has 6 nitrogen and oxygen atoms in total. The number of anilines is 1. The molecule has 0 bridgehead atoms. The molecule has 0 spiro atoms. The largest absolute Gasteiger partial charge is 0.467 e. The standard InChI is InChI=1S/C15H16ClN3O3/c1-10-12(16)5-2-6-13(10)19-14(20)9-18-15(21)17-8-11-4-3-7-22-11/h2-7H,8-9H2,1H3,(H,19,20)(H2,17,18,21). The highest BCUT2D eigenvalue weighted by molar-refractivity contribution is 6.31. The van der Waals surface area contributed by atoms with E-state index in [0.717, 1.165) is 5.56 Å². The van der Waals surface area contributed by atoms with E-state index >= 15 is 0 Å². The lowest BCUT2D eigenvalue weighted by molar-refractivity contribution is -0.115. The Morgan fingerprint density at radius 1 is 1.18 bits per heavy atom. The van der Waals surface area contributed by atoms with Crippen LogP contribution in [-0.2, 0) is 11.3 Å². The first-order valence-electron chi connectivity index (χ1n) is 6.65. The van der Waals surface area contributed by atoms with Crippen LogP contribution in [-0.4, -0.2) is 18.5 Å². The molecule has 3 amide bonds. The number of furan rings is 1. The van der Waals surface area contributed by atoms with Gasteiger partial charge in [-0.25, -0.2) is 4.79 Å². The molecular weight excluding hydrogens is 306 g/mol. The van der Waals surface area contributed by atoms with E-state index in [1.807, 2.05) is 0 Å². The molecular formula is C15H16ClN3O3. The van der Waals surface area contributed by atoms with E-state index in [0.29, 0.717) is 16.5 Å². The number of rotatable bonds is 5. The minimum atomic E-state index is -0.450. The van der Waals surface area contributed by atoms with Gasteiger partial charge >= 0.3 is 6.03 Å². The van der Waals surface area contributed by atoms with Crippen molar-refractivity contribution in [3.05, 3.63) is 52.9 Å². The third-order valence-electron chi connectivity index (χ3n) is 2.95. The molecule has 0 unspecified atom stereocenters. The smallest absolute Gasteiger partial charge is 0.315 e. The summed E-state index contributed by atoms with van der Waals surface area (Å²) < 4.78 is 5.08. The van der Waals surface area contributed by atoms with Crippen molar-refractivity contribution >= 4 is 29.2 Å². The van der Waals surface area contributed by atoms with Crippen molar-refractivity contribution in [1.82, 2.24) is 10.6 Å². The molecule has 3 N–H and O–H groups in total. The molecule has 0 aliphatic rings. The summed E-state index contributed by atoms with van der Waals surface area (Å²) >= 11 is 5.97. The van der Waals surface area contributed by atoms with Crippen LogP contribution in [0.2, 0.25) is 5.02 Å². The van der Waals surface area contributed by atoms with Gasteiger partial charge in [0.15, 0.2) is 0 Å². The van der Waals surface area contributed by atoms with Gasteiger partial charge in [-0.1, -0.05) is 17.7 Å². The van der Waals surface area contributed by atoms with Crippen molar-refractivity contribution in [2.75, 3.05) is 11.9 Å². The van der Waals surface area contributed by atoms with Crippen molar-refractivity contribution in [3.63, 3.8) is 0 Å². The van der Waals surface area contributed by atoms with Crippen molar-refractivity contribution < 1.29 is 14.0 Å². The number of nitrogens with one attached hydrogen (secondary N) is 3. The molecule has 0 saturated heterocycles. The lowest BCUT2D eigenvalue weighted by Gasteiger charge is -2.10. The molecule has 7 heteroatoms. The van der Waals surface area contributed by atoms with Gasteiger partial charge in [-0.15, -0.1) is 0 Å². The molecule has 0 fully saturated rings. The Balaban J connectivity index is 1.75. The Hall–Kier alpha value is -2.47. The average Bonchev–Trinajstić information content (AvgIpc) is 3.01. The zero-order chi connectivity index (χ0) is 15.9. The van der Waals surface area contributed by atoms with Gasteiger partial charge in [0.1, 0.15) is 5.76 Å². The zero-order valence-electron chi connectivity index (χ0n) is 12.0. The fourth-order valence-corrected chi connectivity index (χ4v) is 1.92. The fraction of sp³-hybridized carbons (Fsp3) is 0.200. The van der Waals surface area contributed by atoms with Crippen molar-refractivity contribution in [2.24, 2.45) is 0 Å². The Morgan fingerprint density at radius 3 is 2.73 bits per heavy atom. The SMILES string of the molecule is Cc1c(Cl)cccc1NC(=O)CNC(=O)NCc1ccco1. The van der Waals surface area contributed by atoms with Crippen LogP contribution in [0.15, 0.2) is 41.0 Å². The van der Waals surface area contributed by atoms with E-state index in [1.54, 1.807) is 37.3 Å². The van der Waals surface area contributed by atoms with Crippen LogP contribution in [0.4, 0.5) is 10.5 Å². The molecule has 22 heavy (non-hydrogen) atoms. The summed E-state index contributed by atoms with van der Waals surface area (Å²) in [5.74, 6) is 0.299. The summed E-state index contributed by atoms with van der Waals surface area (Å²) in [5, 5.41) is 8.31. The van der Waals surface area contributed by atoms with Gasteiger partial charge in [0.05, 0.1) is 19.4 Å². The quantitative estimate of drug-likeness (QED) is 0.791. The first kappa shape index (κ1) is 15.9. The lowest BCUT2D eigenvalue weighted by Crippen LogP contribution is -2.39. The predicted octanol–water partition coefficient (Wildman–Crippen LogP) is 2.68. The monoisotopic (exact) mass is 321 g/mol. The Labute approximate surface area is 132 Å². The minimum absolute atomic E-state index is 0.143. The first-order chi connectivity index (χ1) is 10.6. The lowest BCUT2D eigenvalue weighted by atomic mass is 10.2. The zero-order valence-corrected chi connectivity index (χ0v) is 12.7. The van der Waals surface area contributed by atoms with Gasteiger partial charge in [-0.05, 0) is 36.8 Å². The molecule has 0 radical (unpaired) electrons. The Kier molecular flexibility index (Phi) is 5.43. The Bertz CT molecular complexity index is 656. The summed E-state index contributed by atoms with van der Waals surface area (Å²) in [5.41, 5.74) is 1.40. The van der Waals surface area contributed by atoms with E-state index in [2.05, 4.69) is 16.0 Å². The molecule has 2 aromatic rings. The second-order valence-electron chi connectivity index (χ2n) is 4.58. The van der Waals surface area contributed by atoms with Crippen molar-refractivity contribution in [1.29, 1.82) is 0 Å². The highest BCUT2D eigenvalue weighted by atomic mass is 35.5. The number of amides is 3. The van der Waals surface area contributed by atoms with Gasteiger partial charge in [-0.3, -0.25) is 4.79 Å². The van der Waals surface area contributed by atoms with Gasteiger partial charge in [0, 0.05) is 10.7 Å². The number of halogens is 1. The van der Waals surface area contributed by atoms with E-state index in [4.69, 9.17) is 16.0 Å². The third-order valence-corrected chi connectivity index (χ3v) is 3.36.